The summed E-state index contributed by atoms with van der Waals surface area (Å²) < 4.78 is 5.40. The van der Waals surface area contributed by atoms with Crippen molar-refractivity contribution in [3.05, 3.63) is 33.8 Å². The highest BCUT2D eigenvalue weighted by atomic mass is 35.5. The Morgan fingerprint density at radius 2 is 2.28 bits per heavy atom. The Morgan fingerprint density at radius 1 is 1.44 bits per heavy atom. The van der Waals surface area contributed by atoms with Crippen molar-refractivity contribution in [1.29, 1.82) is 0 Å². The van der Waals surface area contributed by atoms with Crippen molar-refractivity contribution in [2.75, 3.05) is 19.8 Å². The fourth-order valence-electron chi connectivity index (χ4n) is 2.27. The van der Waals surface area contributed by atoms with E-state index in [4.69, 9.17) is 27.9 Å². The van der Waals surface area contributed by atoms with E-state index in [0.717, 1.165) is 43.2 Å². The summed E-state index contributed by atoms with van der Waals surface area (Å²) in [6.07, 6.45) is 2.09. The van der Waals surface area contributed by atoms with Crippen LogP contribution >= 0.6 is 23.2 Å². The number of hydrogen-bond acceptors (Lipinski definition) is 2. The third-order valence-corrected chi connectivity index (χ3v) is 4.13. The van der Waals surface area contributed by atoms with Crippen molar-refractivity contribution in [2.45, 2.75) is 25.8 Å². The summed E-state index contributed by atoms with van der Waals surface area (Å²) in [6, 6.07) is 6.18. The van der Waals surface area contributed by atoms with E-state index in [0.29, 0.717) is 17.0 Å². The molecule has 2 unspecified atom stereocenters. The molecule has 1 fully saturated rings. The van der Waals surface area contributed by atoms with Crippen LogP contribution in [0.15, 0.2) is 18.2 Å². The minimum Gasteiger partial charge on any atom is -0.381 e. The van der Waals surface area contributed by atoms with Crippen LogP contribution in [0.1, 0.15) is 18.9 Å². The van der Waals surface area contributed by atoms with E-state index in [9.17, 15) is 0 Å². The molecular weight excluding hydrogens is 269 g/mol. The maximum atomic E-state index is 6.14. The van der Waals surface area contributed by atoms with Crippen molar-refractivity contribution < 1.29 is 4.74 Å². The van der Waals surface area contributed by atoms with E-state index in [2.05, 4.69) is 12.2 Å². The molecule has 18 heavy (non-hydrogen) atoms. The first-order valence-corrected chi connectivity index (χ1v) is 7.17. The number of halogens is 2. The van der Waals surface area contributed by atoms with E-state index in [-0.39, 0.29) is 0 Å². The van der Waals surface area contributed by atoms with Crippen molar-refractivity contribution in [1.82, 2.24) is 5.32 Å². The largest absolute Gasteiger partial charge is 0.381 e. The average Bonchev–Trinajstić information content (AvgIpc) is 2.85. The Bertz CT molecular complexity index is 391. The minimum absolute atomic E-state index is 0.499. The van der Waals surface area contributed by atoms with E-state index >= 15 is 0 Å². The molecule has 0 bridgehead atoms. The maximum Gasteiger partial charge on any atom is 0.0509 e. The number of ether oxygens (including phenoxy) is 1. The Kier molecular flexibility index (Phi) is 5.31. The molecule has 1 saturated heterocycles. The van der Waals surface area contributed by atoms with Crippen molar-refractivity contribution in [3.63, 3.8) is 0 Å². The van der Waals surface area contributed by atoms with Gasteiger partial charge in [0.2, 0.25) is 0 Å². The second-order valence-corrected chi connectivity index (χ2v) is 5.70. The molecule has 100 valence electrons. The fourth-order valence-corrected chi connectivity index (χ4v) is 2.78. The molecule has 1 aliphatic rings. The predicted octanol–water partition coefficient (Wildman–Crippen LogP) is 3.55. The zero-order valence-electron chi connectivity index (χ0n) is 10.6. The number of nitrogens with one attached hydrogen (secondary N) is 1. The van der Waals surface area contributed by atoms with Gasteiger partial charge >= 0.3 is 0 Å². The van der Waals surface area contributed by atoms with Crippen LogP contribution in [0.25, 0.3) is 0 Å². The molecule has 2 rings (SSSR count). The van der Waals surface area contributed by atoms with Crippen LogP contribution < -0.4 is 5.32 Å². The summed E-state index contributed by atoms with van der Waals surface area (Å²) in [5, 5.41) is 4.98. The highest BCUT2D eigenvalue weighted by Crippen LogP contribution is 2.21. The smallest absolute Gasteiger partial charge is 0.0509 e. The molecule has 1 aliphatic heterocycles. The Balaban J connectivity index is 1.77. The van der Waals surface area contributed by atoms with Crippen LogP contribution in [-0.4, -0.2) is 25.8 Å². The lowest BCUT2D eigenvalue weighted by Gasteiger charge is -2.19. The van der Waals surface area contributed by atoms with Crippen LogP contribution in [0.2, 0.25) is 10.0 Å². The van der Waals surface area contributed by atoms with Gasteiger partial charge in [-0.2, -0.15) is 0 Å². The highest BCUT2D eigenvalue weighted by Gasteiger charge is 2.21. The summed E-state index contributed by atoms with van der Waals surface area (Å²) >= 11 is 12.0. The first-order valence-electron chi connectivity index (χ1n) is 6.42. The average molecular weight is 288 g/mol. The van der Waals surface area contributed by atoms with E-state index < -0.39 is 0 Å². The van der Waals surface area contributed by atoms with Crippen LogP contribution in [0.5, 0.6) is 0 Å². The molecule has 1 aromatic carbocycles. The number of hydrogen-bond donors (Lipinski definition) is 1. The minimum atomic E-state index is 0.499. The van der Waals surface area contributed by atoms with Crippen LogP contribution in [-0.2, 0) is 11.2 Å². The molecule has 0 radical (unpaired) electrons. The van der Waals surface area contributed by atoms with E-state index in [1.807, 2.05) is 12.1 Å². The van der Waals surface area contributed by atoms with Gasteiger partial charge in [-0.05, 0) is 49.9 Å². The zero-order valence-corrected chi connectivity index (χ0v) is 12.1. The topological polar surface area (TPSA) is 21.3 Å². The summed E-state index contributed by atoms with van der Waals surface area (Å²) in [5.74, 6) is 0.644. The zero-order chi connectivity index (χ0) is 13.0. The molecule has 0 amide bonds. The van der Waals surface area contributed by atoms with Crippen molar-refractivity contribution in [3.8, 4) is 0 Å². The molecular formula is C14H19Cl2NO. The molecule has 0 aliphatic carbocycles. The van der Waals surface area contributed by atoms with Gasteiger partial charge in [0.15, 0.2) is 0 Å². The number of rotatable bonds is 5. The monoisotopic (exact) mass is 287 g/mol. The predicted molar refractivity (Wildman–Crippen MR) is 76.6 cm³/mol. The molecule has 2 nitrogen and oxygen atoms in total. The van der Waals surface area contributed by atoms with E-state index in [1.165, 1.54) is 0 Å². The molecule has 0 aromatic heterocycles. The molecule has 0 saturated carbocycles. The summed E-state index contributed by atoms with van der Waals surface area (Å²) in [6.45, 7) is 4.94. The third kappa shape index (κ3) is 3.86. The Morgan fingerprint density at radius 3 is 2.94 bits per heavy atom. The molecule has 4 heteroatoms. The first kappa shape index (κ1) is 14.1. The second kappa shape index (κ2) is 6.76. The lowest BCUT2D eigenvalue weighted by atomic mass is 10.0. The fraction of sp³-hybridized carbons (Fsp3) is 0.571. The molecule has 1 heterocycles. The SMILES string of the molecule is CC(NCCc1ccc(Cl)cc1Cl)C1CCOC1. The first-order chi connectivity index (χ1) is 8.66. The van der Waals surface area contributed by atoms with Gasteiger partial charge in [0.1, 0.15) is 0 Å². The Hall–Kier alpha value is -0.280. The van der Waals surface area contributed by atoms with Gasteiger partial charge in [-0.1, -0.05) is 29.3 Å². The van der Waals surface area contributed by atoms with Gasteiger partial charge in [0.05, 0.1) is 6.61 Å². The van der Waals surface area contributed by atoms with E-state index in [1.54, 1.807) is 6.07 Å². The summed E-state index contributed by atoms with van der Waals surface area (Å²) in [4.78, 5) is 0. The maximum absolute atomic E-state index is 6.14. The van der Waals surface area contributed by atoms with Gasteiger partial charge < -0.3 is 10.1 Å². The van der Waals surface area contributed by atoms with Gasteiger partial charge in [-0.15, -0.1) is 0 Å². The second-order valence-electron chi connectivity index (χ2n) is 4.85. The standard InChI is InChI=1S/C14H19Cl2NO/c1-10(12-5-7-18-9-12)17-6-4-11-2-3-13(15)8-14(11)16/h2-3,8,10,12,17H,4-7,9H2,1H3. The highest BCUT2D eigenvalue weighted by molar-refractivity contribution is 6.35. The normalized spacial score (nSPS) is 21.2. The molecule has 1 aromatic rings. The lowest BCUT2D eigenvalue weighted by Crippen LogP contribution is -2.35. The van der Waals surface area contributed by atoms with Crippen molar-refractivity contribution in [2.24, 2.45) is 5.92 Å². The molecule has 2 atom stereocenters. The lowest BCUT2D eigenvalue weighted by molar-refractivity contribution is 0.178. The van der Waals surface area contributed by atoms with Crippen LogP contribution in [0.4, 0.5) is 0 Å². The molecule has 0 spiro atoms. The number of benzene rings is 1. The quantitative estimate of drug-likeness (QED) is 0.894. The van der Waals surface area contributed by atoms with Crippen LogP contribution in [0, 0.1) is 5.92 Å². The summed E-state index contributed by atoms with van der Waals surface area (Å²) in [5.41, 5.74) is 1.14. The van der Waals surface area contributed by atoms with Gasteiger partial charge in [-0.25, -0.2) is 0 Å². The van der Waals surface area contributed by atoms with Crippen LogP contribution in [0.3, 0.4) is 0 Å². The van der Waals surface area contributed by atoms with Gasteiger partial charge in [0, 0.05) is 22.7 Å². The summed E-state index contributed by atoms with van der Waals surface area (Å²) in [7, 11) is 0. The Labute approximate surface area is 119 Å². The van der Waals surface area contributed by atoms with Crippen molar-refractivity contribution >= 4 is 23.2 Å². The third-order valence-electron chi connectivity index (χ3n) is 3.55. The van der Waals surface area contributed by atoms with Gasteiger partial charge in [0.25, 0.3) is 0 Å². The van der Waals surface area contributed by atoms with Gasteiger partial charge in [-0.3, -0.25) is 0 Å². The molecule has 1 N–H and O–H groups in total.